The van der Waals surface area contributed by atoms with Gasteiger partial charge in [-0.1, -0.05) is 20.8 Å². The number of rotatable bonds is 6. The van der Waals surface area contributed by atoms with Crippen molar-refractivity contribution < 1.29 is 8.42 Å². The average molecular weight is 311 g/mol. The maximum atomic E-state index is 12.7. The second kappa shape index (κ2) is 6.75. The monoisotopic (exact) mass is 311 g/mol. The van der Waals surface area contributed by atoms with Crippen molar-refractivity contribution in [3.05, 3.63) is 18.3 Å². The van der Waals surface area contributed by atoms with Crippen LogP contribution in [0.25, 0.3) is 0 Å². The molecular formula is C15H25N3O2S. The van der Waals surface area contributed by atoms with Crippen LogP contribution in [0, 0.1) is 11.8 Å². The second-order valence-electron chi connectivity index (χ2n) is 5.96. The van der Waals surface area contributed by atoms with Crippen LogP contribution in [0.1, 0.15) is 33.6 Å². The molecule has 1 saturated heterocycles. The van der Waals surface area contributed by atoms with E-state index >= 15 is 0 Å². The summed E-state index contributed by atoms with van der Waals surface area (Å²) in [6, 6.07) is 3.21. The lowest BCUT2D eigenvalue weighted by Gasteiger charge is -2.18. The number of nitrogens with one attached hydrogen (secondary N) is 1. The summed E-state index contributed by atoms with van der Waals surface area (Å²) in [6.45, 7) is 8.39. The van der Waals surface area contributed by atoms with Crippen LogP contribution in [0.5, 0.6) is 0 Å². The van der Waals surface area contributed by atoms with Crippen LogP contribution in [0.4, 0.5) is 5.82 Å². The summed E-state index contributed by atoms with van der Waals surface area (Å²) in [7, 11) is -3.40. The van der Waals surface area contributed by atoms with E-state index in [-0.39, 0.29) is 0 Å². The normalized spacial score (nSPS) is 20.1. The Morgan fingerprint density at radius 2 is 2.24 bits per heavy atom. The molecule has 1 aliphatic heterocycles. The third-order valence-electron chi connectivity index (χ3n) is 4.06. The summed E-state index contributed by atoms with van der Waals surface area (Å²) in [6.07, 6.45) is 3.48. The van der Waals surface area contributed by atoms with Gasteiger partial charge in [0.1, 0.15) is 5.82 Å². The molecule has 1 unspecified atom stereocenters. The molecule has 2 heterocycles. The minimum atomic E-state index is -3.40. The maximum Gasteiger partial charge on any atom is 0.243 e. The van der Waals surface area contributed by atoms with Crippen molar-refractivity contribution in [2.45, 2.75) is 38.5 Å². The first-order valence-corrected chi connectivity index (χ1v) is 9.09. The average Bonchev–Trinajstić information content (AvgIpc) is 2.96. The first kappa shape index (κ1) is 16.2. The van der Waals surface area contributed by atoms with Crippen LogP contribution in [0.15, 0.2) is 23.2 Å². The second-order valence-corrected chi connectivity index (χ2v) is 7.90. The highest BCUT2D eigenvalue weighted by atomic mass is 32.2. The Labute approximate surface area is 127 Å². The minimum absolute atomic E-state index is 0.334. The Morgan fingerprint density at radius 3 is 2.86 bits per heavy atom. The number of anilines is 1. The maximum absolute atomic E-state index is 12.7. The van der Waals surface area contributed by atoms with Crippen LogP contribution in [-0.2, 0) is 10.0 Å². The Kier molecular flexibility index (Phi) is 5.22. The summed E-state index contributed by atoms with van der Waals surface area (Å²) in [5.41, 5.74) is 0. The van der Waals surface area contributed by atoms with Gasteiger partial charge in [-0.15, -0.1) is 0 Å². The zero-order valence-electron chi connectivity index (χ0n) is 13.0. The molecule has 118 valence electrons. The van der Waals surface area contributed by atoms with Gasteiger partial charge in [-0.25, -0.2) is 13.4 Å². The summed E-state index contributed by atoms with van der Waals surface area (Å²) in [5, 5.41) is 3.13. The standard InChI is InChI=1S/C15H25N3O2S/c1-4-7-16-15-10-14(5-8-17-15)21(19,20)18-9-6-13(11-18)12(2)3/h5,8,10,12-13H,4,6-7,9,11H2,1-3H3,(H,16,17). The Bertz CT molecular complexity index is 572. The van der Waals surface area contributed by atoms with Gasteiger partial charge in [0.15, 0.2) is 0 Å². The molecule has 2 rings (SSSR count). The number of hydrogen-bond acceptors (Lipinski definition) is 4. The van der Waals surface area contributed by atoms with Gasteiger partial charge in [-0.2, -0.15) is 4.31 Å². The molecule has 1 fully saturated rings. The van der Waals surface area contributed by atoms with Gasteiger partial charge in [-0.3, -0.25) is 0 Å². The molecule has 0 amide bonds. The number of aromatic nitrogens is 1. The molecule has 0 bridgehead atoms. The molecule has 21 heavy (non-hydrogen) atoms. The lowest BCUT2D eigenvalue weighted by atomic mass is 9.96. The van der Waals surface area contributed by atoms with Crippen molar-refractivity contribution in [2.75, 3.05) is 25.0 Å². The van der Waals surface area contributed by atoms with Gasteiger partial charge >= 0.3 is 0 Å². The highest BCUT2D eigenvalue weighted by Crippen LogP contribution is 2.28. The van der Waals surface area contributed by atoms with E-state index in [1.807, 2.05) is 0 Å². The van der Waals surface area contributed by atoms with Crippen molar-refractivity contribution in [1.82, 2.24) is 9.29 Å². The molecule has 5 nitrogen and oxygen atoms in total. The Morgan fingerprint density at radius 1 is 1.48 bits per heavy atom. The van der Waals surface area contributed by atoms with E-state index in [2.05, 4.69) is 31.1 Å². The largest absolute Gasteiger partial charge is 0.370 e. The van der Waals surface area contributed by atoms with Crippen molar-refractivity contribution in [1.29, 1.82) is 0 Å². The molecule has 0 aromatic carbocycles. The minimum Gasteiger partial charge on any atom is -0.370 e. The van der Waals surface area contributed by atoms with E-state index in [0.29, 0.717) is 35.6 Å². The molecular weight excluding hydrogens is 286 g/mol. The van der Waals surface area contributed by atoms with Crippen molar-refractivity contribution >= 4 is 15.8 Å². The molecule has 6 heteroatoms. The number of hydrogen-bond donors (Lipinski definition) is 1. The molecule has 0 radical (unpaired) electrons. The first-order valence-electron chi connectivity index (χ1n) is 7.65. The molecule has 1 aromatic rings. The zero-order chi connectivity index (χ0) is 15.5. The summed E-state index contributed by atoms with van der Waals surface area (Å²) < 4.78 is 27.0. The molecule has 1 aliphatic rings. The summed E-state index contributed by atoms with van der Waals surface area (Å²) >= 11 is 0. The SMILES string of the molecule is CCCNc1cc(S(=O)(=O)N2CCC(C(C)C)C2)ccn1. The lowest BCUT2D eigenvalue weighted by molar-refractivity contribution is 0.388. The van der Waals surface area contributed by atoms with E-state index in [1.165, 1.54) is 0 Å². The van der Waals surface area contributed by atoms with Gasteiger partial charge in [0, 0.05) is 31.9 Å². The van der Waals surface area contributed by atoms with Gasteiger partial charge in [0.25, 0.3) is 0 Å². The predicted molar refractivity (Wildman–Crippen MR) is 84.7 cm³/mol. The third-order valence-corrected chi connectivity index (χ3v) is 5.92. The van der Waals surface area contributed by atoms with E-state index in [9.17, 15) is 8.42 Å². The smallest absolute Gasteiger partial charge is 0.243 e. The molecule has 0 aliphatic carbocycles. The van der Waals surface area contributed by atoms with E-state index in [0.717, 1.165) is 19.4 Å². The van der Waals surface area contributed by atoms with E-state index in [1.54, 1.807) is 22.6 Å². The highest BCUT2D eigenvalue weighted by molar-refractivity contribution is 7.89. The van der Waals surface area contributed by atoms with Crippen molar-refractivity contribution in [2.24, 2.45) is 11.8 Å². The van der Waals surface area contributed by atoms with Gasteiger partial charge in [-0.05, 0) is 30.7 Å². The number of nitrogens with zero attached hydrogens (tertiary/aromatic N) is 2. The third kappa shape index (κ3) is 3.74. The van der Waals surface area contributed by atoms with Crippen LogP contribution >= 0.6 is 0 Å². The fourth-order valence-electron chi connectivity index (χ4n) is 2.59. The Balaban J connectivity index is 2.16. The molecule has 1 N–H and O–H groups in total. The molecule has 1 atom stereocenters. The van der Waals surface area contributed by atoms with E-state index in [4.69, 9.17) is 0 Å². The van der Waals surface area contributed by atoms with E-state index < -0.39 is 10.0 Å². The van der Waals surface area contributed by atoms with Crippen LogP contribution in [0.3, 0.4) is 0 Å². The van der Waals surface area contributed by atoms with Crippen molar-refractivity contribution in [3.63, 3.8) is 0 Å². The van der Waals surface area contributed by atoms with Crippen molar-refractivity contribution in [3.8, 4) is 0 Å². The highest BCUT2D eigenvalue weighted by Gasteiger charge is 2.33. The summed E-state index contributed by atoms with van der Waals surface area (Å²) in [5.74, 6) is 1.60. The number of sulfonamides is 1. The lowest BCUT2D eigenvalue weighted by Crippen LogP contribution is -2.29. The first-order chi connectivity index (χ1) is 9.95. The van der Waals surface area contributed by atoms with Gasteiger partial charge in [0.05, 0.1) is 4.90 Å². The molecule has 0 saturated carbocycles. The fourth-order valence-corrected chi connectivity index (χ4v) is 4.11. The zero-order valence-corrected chi connectivity index (χ0v) is 13.9. The molecule has 0 spiro atoms. The number of pyridine rings is 1. The quantitative estimate of drug-likeness (QED) is 0.877. The topological polar surface area (TPSA) is 62.3 Å². The van der Waals surface area contributed by atoms with Gasteiger partial charge in [0.2, 0.25) is 10.0 Å². The summed E-state index contributed by atoms with van der Waals surface area (Å²) in [4.78, 5) is 4.50. The van der Waals surface area contributed by atoms with Crippen LogP contribution in [0.2, 0.25) is 0 Å². The van der Waals surface area contributed by atoms with Gasteiger partial charge < -0.3 is 5.32 Å². The van der Waals surface area contributed by atoms with Crippen LogP contribution < -0.4 is 5.32 Å². The predicted octanol–water partition coefficient (Wildman–Crippen LogP) is 2.57. The van der Waals surface area contributed by atoms with Crippen LogP contribution in [-0.4, -0.2) is 37.3 Å². The fraction of sp³-hybridized carbons (Fsp3) is 0.667. The molecule has 1 aromatic heterocycles. The Hall–Kier alpha value is -1.14.